The van der Waals surface area contributed by atoms with Gasteiger partial charge in [-0.15, -0.1) is 0 Å². The summed E-state index contributed by atoms with van der Waals surface area (Å²) < 4.78 is 5.60. The zero-order chi connectivity index (χ0) is 18.6. The minimum Gasteiger partial charge on any atom is -0.376 e. The van der Waals surface area contributed by atoms with Crippen molar-refractivity contribution < 1.29 is 9.53 Å². The van der Waals surface area contributed by atoms with Gasteiger partial charge >= 0.3 is 0 Å². The first-order valence-electron chi connectivity index (χ1n) is 9.48. The fourth-order valence-corrected chi connectivity index (χ4v) is 4.93. The molecule has 6 heteroatoms. The van der Waals surface area contributed by atoms with Crippen LogP contribution < -0.4 is 0 Å². The first-order valence-corrected chi connectivity index (χ1v) is 10.7. The van der Waals surface area contributed by atoms with Crippen molar-refractivity contribution in [3.63, 3.8) is 0 Å². The molecule has 0 atom stereocenters. The van der Waals surface area contributed by atoms with Crippen molar-refractivity contribution in [1.82, 2.24) is 4.90 Å². The summed E-state index contributed by atoms with van der Waals surface area (Å²) in [5.74, 6) is -0.0535. The number of carbonyl (C=O) groups is 1. The Labute approximate surface area is 169 Å². The predicted molar refractivity (Wildman–Crippen MR) is 112 cm³/mol. The Bertz CT molecular complexity index is 808. The molecule has 0 aromatic heterocycles. The molecule has 3 aliphatic rings. The van der Waals surface area contributed by atoms with Gasteiger partial charge in [0.15, 0.2) is 0 Å². The lowest BCUT2D eigenvalue weighted by atomic mass is 10.00. The molecule has 27 heavy (non-hydrogen) atoms. The lowest BCUT2D eigenvalue weighted by molar-refractivity contribution is -0.119. The fraction of sp³-hybridized carbons (Fsp3) is 0.429. The SMILES string of the molecule is O=C(CN1CCCCC1)N=C1SC2=C(CCOC2)C1=Cc1ccc(Cl)cc1. The second-order valence-electron chi connectivity index (χ2n) is 7.06. The highest BCUT2D eigenvalue weighted by Gasteiger charge is 2.30. The molecule has 0 spiro atoms. The standard InChI is InChI=1S/C21H23ClN2O2S/c22-16-6-4-15(5-7-16)12-18-17-8-11-26-14-19(17)27-21(18)23-20(25)13-24-9-2-1-3-10-24/h4-7,12H,1-3,8-11,13-14H2. The molecule has 3 aliphatic heterocycles. The third-order valence-electron chi connectivity index (χ3n) is 5.06. The quantitative estimate of drug-likeness (QED) is 0.743. The lowest BCUT2D eigenvalue weighted by Crippen LogP contribution is -2.34. The first kappa shape index (κ1) is 18.9. The van der Waals surface area contributed by atoms with Gasteiger partial charge in [0.25, 0.3) is 5.91 Å². The molecule has 0 bridgehead atoms. The van der Waals surface area contributed by atoms with Crippen molar-refractivity contribution in [2.45, 2.75) is 25.7 Å². The second-order valence-corrected chi connectivity index (χ2v) is 8.58. The number of carbonyl (C=O) groups excluding carboxylic acids is 1. The van der Waals surface area contributed by atoms with Gasteiger partial charge in [-0.2, -0.15) is 0 Å². The highest BCUT2D eigenvalue weighted by atomic mass is 35.5. The van der Waals surface area contributed by atoms with Gasteiger partial charge in [-0.3, -0.25) is 9.69 Å². The van der Waals surface area contributed by atoms with E-state index >= 15 is 0 Å². The number of piperidine rings is 1. The molecule has 1 amide bonds. The Morgan fingerprint density at radius 1 is 1.22 bits per heavy atom. The van der Waals surface area contributed by atoms with E-state index in [0.29, 0.717) is 19.8 Å². The van der Waals surface area contributed by atoms with Gasteiger partial charge in [-0.05, 0) is 61.7 Å². The Morgan fingerprint density at radius 3 is 2.78 bits per heavy atom. The Morgan fingerprint density at radius 2 is 2.00 bits per heavy atom. The summed E-state index contributed by atoms with van der Waals surface area (Å²) in [5.41, 5.74) is 3.39. The molecule has 0 saturated carbocycles. The molecular weight excluding hydrogens is 380 g/mol. The van der Waals surface area contributed by atoms with Crippen molar-refractivity contribution >= 4 is 40.4 Å². The van der Waals surface area contributed by atoms with Crippen LogP contribution in [0.4, 0.5) is 0 Å². The van der Waals surface area contributed by atoms with E-state index in [2.05, 4.69) is 16.0 Å². The molecule has 0 radical (unpaired) electrons. The van der Waals surface area contributed by atoms with Crippen molar-refractivity contribution in [3.8, 4) is 0 Å². The smallest absolute Gasteiger partial charge is 0.260 e. The van der Waals surface area contributed by atoms with Gasteiger partial charge in [0.05, 0.1) is 19.8 Å². The van der Waals surface area contributed by atoms with Crippen LogP contribution >= 0.6 is 23.4 Å². The van der Waals surface area contributed by atoms with E-state index in [-0.39, 0.29) is 5.91 Å². The van der Waals surface area contributed by atoms with Crippen LogP contribution in [0.2, 0.25) is 5.02 Å². The van der Waals surface area contributed by atoms with E-state index < -0.39 is 0 Å². The number of aliphatic imine (C=N–C) groups is 1. The molecule has 0 N–H and O–H groups in total. The van der Waals surface area contributed by atoms with E-state index in [1.807, 2.05) is 24.3 Å². The molecule has 142 valence electrons. The second kappa shape index (κ2) is 8.74. The van der Waals surface area contributed by atoms with Crippen molar-refractivity contribution in [1.29, 1.82) is 0 Å². The normalized spacial score (nSPS) is 23.9. The minimum absolute atomic E-state index is 0.0535. The zero-order valence-corrected chi connectivity index (χ0v) is 16.8. The zero-order valence-electron chi connectivity index (χ0n) is 15.2. The number of thioether (sulfide) groups is 1. The van der Waals surface area contributed by atoms with E-state index in [1.165, 1.54) is 29.7 Å². The van der Waals surface area contributed by atoms with Crippen molar-refractivity contribution in [2.75, 3.05) is 32.8 Å². The summed E-state index contributed by atoms with van der Waals surface area (Å²) in [7, 11) is 0. The van der Waals surface area contributed by atoms with Gasteiger partial charge in [0.1, 0.15) is 5.04 Å². The maximum Gasteiger partial charge on any atom is 0.260 e. The van der Waals surface area contributed by atoms with Crippen LogP contribution in [0.1, 0.15) is 31.2 Å². The van der Waals surface area contributed by atoms with Gasteiger partial charge in [-0.1, -0.05) is 41.9 Å². The molecule has 0 aliphatic carbocycles. The topological polar surface area (TPSA) is 41.9 Å². The van der Waals surface area contributed by atoms with E-state index in [1.54, 1.807) is 11.8 Å². The number of nitrogens with zero attached hydrogens (tertiary/aromatic N) is 2. The molecule has 4 nitrogen and oxygen atoms in total. The molecule has 1 aromatic carbocycles. The Balaban J connectivity index is 1.58. The van der Waals surface area contributed by atoms with Crippen molar-refractivity contribution in [2.24, 2.45) is 4.99 Å². The summed E-state index contributed by atoms with van der Waals surface area (Å²) in [6.07, 6.45) is 6.59. The summed E-state index contributed by atoms with van der Waals surface area (Å²) in [4.78, 5) is 20.5. The summed E-state index contributed by atoms with van der Waals surface area (Å²) in [6.45, 7) is 3.74. The van der Waals surface area contributed by atoms with Crippen LogP contribution in [0.15, 0.2) is 45.3 Å². The monoisotopic (exact) mass is 402 g/mol. The number of amides is 1. The maximum atomic E-state index is 12.6. The lowest BCUT2D eigenvalue weighted by Gasteiger charge is -2.24. The number of hydrogen-bond donors (Lipinski definition) is 0. The molecule has 4 rings (SSSR count). The molecule has 1 fully saturated rings. The van der Waals surface area contributed by atoms with E-state index in [4.69, 9.17) is 16.3 Å². The summed E-state index contributed by atoms with van der Waals surface area (Å²) in [5, 5.41) is 1.52. The third kappa shape index (κ3) is 4.72. The molecule has 3 heterocycles. The largest absolute Gasteiger partial charge is 0.376 e. The number of halogens is 1. The Kier molecular flexibility index (Phi) is 6.13. The van der Waals surface area contributed by atoms with Crippen LogP contribution in [0, 0.1) is 0 Å². The predicted octanol–water partition coefficient (Wildman–Crippen LogP) is 4.56. The minimum atomic E-state index is -0.0535. The van der Waals surface area contributed by atoms with Gasteiger partial charge in [0, 0.05) is 15.5 Å². The van der Waals surface area contributed by atoms with Gasteiger partial charge < -0.3 is 4.74 Å². The number of rotatable bonds is 3. The first-order chi connectivity index (χ1) is 13.2. The van der Waals surface area contributed by atoms with Crippen LogP contribution in [0.3, 0.4) is 0 Å². The van der Waals surface area contributed by atoms with Crippen LogP contribution in [0.5, 0.6) is 0 Å². The highest BCUT2D eigenvalue weighted by molar-refractivity contribution is 8.18. The van der Waals surface area contributed by atoms with E-state index in [0.717, 1.165) is 40.7 Å². The van der Waals surface area contributed by atoms with Crippen LogP contribution in [-0.2, 0) is 9.53 Å². The van der Waals surface area contributed by atoms with Gasteiger partial charge in [-0.25, -0.2) is 4.99 Å². The summed E-state index contributed by atoms with van der Waals surface area (Å²) in [6, 6.07) is 7.75. The molecular formula is C21H23ClN2O2S. The fourth-order valence-electron chi connectivity index (χ4n) is 3.66. The van der Waals surface area contributed by atoms with Crippen LogP contribution in [-0.4, -0.2) is 48.7 Å². The van der Waals surface area contributed by atoms with Gasteiger partial charge in [0.2, 0.25) is 0 Å². The average molecular weight is 403 g/mol. The average Bonchev–Trinajstić information content (AvgIpc) is 3.01. The maximum absolute atomic E-state index is 12.6. The molecule has 1 aromatic rings. The number of likely N-dealkylation sites (tertiary alicyclic amines) is 1. The van der Waals surface area contributed by atoms with Crippen molar-refractivity contribution in [3.05, 3.63) is 50.9 Å². The highest BCUT2D eigenvalue weighted by Crippen LogP contribution is 2.42. The van der Waals surface area contributed by atoms with Crippen LogP contribution in [0.25, 0.3) is 6.08 Å². The number of hydrogen-bond acceptors (Lipinski definition) is 4. The number of benzene rings is 1. The number of ether oxygens (including phenoxy) is 1. The van der Waals surface area contributed by atoms with E-state index in [9.17, 15) is 4.79 Å². The molecule has 0 unspecified atom stereocenters. The molecule has 1 saturated heterocycles. The Hall–Kier alpha value is -1.40. The summed E-state index contributed by atoms with van der Waals surface area (Å²) >= 11 is 7.59. The third-order valence-corrected chi connectivity index (χ3v) is 6.42.